The summed E-state index contributed by atoms with van der Waals surface area (Å²) in [5, 5.41) is 17.9. The zero-order valence-corrected chi connectivity index (χ0v) is 17.6. The van der Waals surface area contributed by atoms with Gasteiger partial charge in [0.1, 0.15) is 6.04 Å². The second-order valence-electron chi connectivity index (χ2n) is 7.40. The van der Waals surface area contributed by atoms with E-state index in [4.69, 9.17) is 4.74 Å². The number of amides is 1. The maximum Gasteiger partial charge on any atom is 0.337 e. The first-order valence-electron chi connectivity index (χ1n) is 9.71. The molecule has 0 radical (unpaired) electrons. The van der Waals surface area contributed by atoms with Crippen LogP contribution in [0.1, 0.15) is 40.0 Å². The van der Waals surface area contributed by atoms with Crippen LogP contribution in [0.3, 0.4) is 0 Å². The molecule has 4 rings (SSSR count). The van der Waals surface area contributed by atoms with Crippen LogP contribution in [-0.4, -0.2) is 39.2 Å². The van der Waals surface area contributed by atoms with E-state index in [-0.39, 0.29) is 5.91 Å². The number of tetrazole rings is 1. The summed E-state index contributed by atoms with van der Waals surface area (Å²) >= 11 is 0. The Kier molecular flexibility index (Phi) is 5.24. The number of fused-ring (bicyclic) bond motifs is 1. The van der Waals surface area contributed by atoms with E-state index in [1.165, 1.54) is 7.11 Å². The van der Waals surface area contributed by atoms with Crippen LogP contribution < -0.4 is 10.6 Å². The Morgan fingerprint density at radius 2 is 1.84 bits per heavy atom. The van der Waals surface area contributed by atoms with E-state index in [1.807, 2.05) is 39.0 Å². The van der Waals surface area contributed by atoms with E-state index in [0.717, 1.165) is 22.4 Å². The van der Waals surface area contributed by atoms with E-state index >= 15 is 0 Å². The molecule has 158 valence electrons. The van der Waals surface area contributed by atoms with Crippen molar-refractivity contribution in [2.45, 2.75) is 26.8 Å². The molecule has 0 saturated carbocycles. The molecule has 0 bridgehead atoms. The van der Waals surface area contributed by atoms with Gasteiger partial charge in [-0.25, -0.2) is 4.79 Å². The molecule has 9 heteroatoms. The van der Waals surface area contributed by atoms with Crippen molar-refractivity contribution in [1.82, 2.24) is 20.2 Å². The number of aromatic nitrogens is 4. The summed E-state index contributed by atoms with van der Waals surface area (Å²) in [7, 11) is 1.33. The standard InChI is InChI=1S/C22H22N6O3/c1-12-5-10-17(13(2)11-12)24-20(29)18-14(3)23-22-25-26-27-28(22)19(18)15-6-8-16(9-7-15)21(30)31-4/h5-11,19H,1-4H3,(H,24,29)(H,23,25,27). The van der Waals surface area contributed by atoms with Crippen molar-refractivity contribution in [3.05, 3.63) is 76.0 Å². The molecular weight excluding hydrogens is 396 g/mol. The van der Waals surface area contributed by atoms with Crippen molar-refractivity contribution >= 4 is 23.5 Å². The molecule has 0 fully saturated rings. The van der Waals surface area contributed by atoms with Gasteiger partial charge in [0.25, 0.3) is 5.91 Å². The van der Waals surface area contributed by atoms with Gasteiger partial charge in [-0.05, 0) is 60.5 Å². The first-order chi connectivity index (χ1) is 14.9. The molecule has 0 spiro atoms. The Balaban J connectivity index is 1.74. The second-order valence-corrected chi connectivity index (χ2v) is 7.40. The zero-order chi connectivity index (χ0) is 22.1. The average Bonchev–Trinajstić information content (AvgIpc) is 3.22. The van der Waals surface area contributed by atoms with Gasteiger partial charge >= 0.3 is 5.97 Å². The van der Waals surface area contributed by atoms with Crippen molar-refractivity contribution in [2.75, 3.05) is 17.7 Å². The number of ether oxygens (including phenoxy) is 1. The monoisotopic (exact) mass is 418 g/mol. The minimum absolute atomic E-state index is 0.264. The normalized spacial score (nSPS) is 15.2. The summed E-state index contributed by atoms with van der Waals surface area (Å²) in [4.78, 5) is 25.2. The molecule has 2 aromatic carbocycles. The van der Waals surface area contributed by atoms with Gasteiger partial charge in [0.05, 0.1) is 18.2 Å². The van der Waals surface area contributed by atoms with Gasteiger partial charge in [0, 0.05) is 11.4 Å². The van der Waals surface area contributed by atoms with Crippen molar-refractivity contribution in [1.29, 1.82) is 0 Å². The largest absolute Gasteiger partial charge is 0.465 e. The lowest BCUT2D eigenvalue weighted by atomic mass is 9.94. The third-order valence-corrected chi connectivity index (χ3v) is 5.24. The minimum atomic E-state index is -0.566. The lowest BCUT2D eigenvalue weighted by Gasteiger charge is -2.28. The second kappa shape index (κ2) is 8.02. The fourth-order valence-electron chi connectivity index (χ4n) is 3.68. The Labute approximate surface area is 179 Å². The molecule has 1 aliphatic heterocycles. The summed E-state index contributed by atoms with van der Waals surface area (Å²) in [6.45, 7) is 5.76. The smallest absolute Gasteiger partial charge is 0.337 e. The number of hydrogen-bond acceptors (Lipinski definition) is 7. The molecule has 1 amide bonds. The Hall–Kier alpha value is -4.01. The first kappa shape index (κ1) is 20.3. The molecule has 0 saturated heterocycles. The Morgan fingerprint density at radius 3 is 2.52 bits per heavy atom. The molecule has 1 aliphatic rings. The summed E-state index contributed by atoms with van der Waals surface area (Å²) < 4.78 is 6.32. The van der Waals surface area contributed by atoms with E-state index in [1.54, 1.807) is 28.9 Å². The zero-order valence-electron chi connectivity index (χ0n) is 17.6. The van der Waals surface area contributed by atoms with Gasteiger partial charge in [-0.3, -0.25) is 4.79 Å². The first-order valence-corrected chi connectivity index (χ1v) is 9.71. The highest BCUT2D eigenvalue weighted by Crippen LogP contribution is 2.35. The van der Waals surface area contributed by atoms with Crippen LogP contribution >= 0.6 is 0 Å². The fraction of sp³-hybridized carbons (Fsp3) is 0.227. The molecule has 1 atom stereocenters. The van der Waals surface area contributed by atoms with Crippen LogP contribution in [0.4, 0.5) is 11.6 Å². The molecule has 1 unspecified atom stereocenters. The van der Waals surface area contributed by atoms with Gasteiger partial charge < -0.3 is 15.4 Å². The minimum Gasteiger partial charge on any atom is -0.465 e. The molecule has 2 heterocycles. The number of anilines is 2. The average molecular weight is 418 g/mol. The summed E-state index contributed by atoms with van der Waals surface area (Å²) in [5.74, 6) is -0.262. The number of methoxy groups -OCH3 is 1. The van der Waals surface area contributed by atoms with Gasteiger partial charge in [-0.1, -0.05) is 34.9 Å². The van der Waals surface area contributed by atoms with Crippen molar-refractivity contribution in [3.63, 3.8) is 0 Å². The number of hydrogen-bond donors (Lipinski definition) is 2. The van der Waals surface area contributed by atoms with Gasteiger partial charge in [0.15, 0.2) is 0 Å². The maximum absolute atomic E-state index is 13.4. The lowest BCUT2D eigenvalue weighted by Crippen LogP contribution is -2.31. The number of allylic oxidation sites excluding steroid dienone is 1. The molecule has 2 N–H and O–H groups in total. The number of carbonyl (C=O) groups excluding carboxylic acids is 2. The third-order valence-electron chi connectivity index (χ3n) is 5.24. The van der Waals surface area contributed by atoms with E-state index < -0.39 is 12.0 Å². The van der Waals surface area contributed by atoms with Crippen molar-refractivity contribution in [3.8, 4) is 0 Å². The molecule has 1 aromatic heterocycles. The molecular formula is C22H22N6O3. The summed E-state index contributed by atoms with van der Waals surface area (Å²) in [5.41, 5.74) is 5.12. The van der Waals surface area contributed by atoms with Crippen LogP contribution in [-0.2, 0) is 9.53 Å². The lowest BCUT2D eigenvalue weighted by molar-refractivity contribution is -0.113. The molecule has 9 nitrogen and oxygen atoms in total. The van der Waals surface area contributed by atoms with E-state index in [9.17, 15) is 9.59 Å². The van der Waals surface area contributed by atoms with Crippen molar-refractivity contribution < 1.29 is 14.3 Å². The van der Waals surface area contributed by atoms with Gasteiger partial charge in [0.2, 0.25) is 5.95 Å². The van der Waals surface area contributed by atoms with Gasteiger partial charge in [-0.2, -0.15) is 4.68 Å². The number of benzene rings is 2. The number of aryl methyl sites for hydroxylation is 2. The predicted octanol–water partition coefficient (Wildman–Crippen LogP) is 3.00. The fourth-order valence-corrected chi connectivity index (χ4v) is 3.68. The van der Waals surface area contributed by atoms with Gasteiger partial charge in [-0.15, -0.1) is 0 Å². The van der Waals surface area contributed by atoms with Crippen LogP contribution in [0.25, 0.3) is 0 Å². The molecule has 0 aliphatic carbocycles. The van der Waals surface area contributed by atoms with Crippen molar-refractivity contribution in [2.24, 2.45) is 0 Å². The number of carbonyl (C=O) groups is 2. The van der Waals surface area contributed by atoms with Crippen LogP contribution in [0.5, 0.6) is 0 Å². The third kappa shape index (κ3) is 3.77. The Morgan fingerprint density at radius 1 is 1.10 bits per heavy atom. The predicted molar refractivity (Wildman–Crippen MR) is 115 cm³/mol. The maximum atomic E-state index is 13.4. The van der Waals surface area contributed by atoms with E-state index in [0.29, 0.717) is 22.8 Å². The number of esters is 1. The van der Waals surface area contributed by atoms with Crippen LogP contribution in [0, 0.1) is 13.8 Å². The highest BCUT2D eigenvalue weighted by Gasteiger charge is 2.34. The highest BCUT2D eigenvalue weighted by atomic mass is 16.5. The Bertz CT molecular complexity index is 1200. The summed E-state index contributed by atoms with van der Waals surface area (Å²) in [6, 6.07) is 12.1. The number of nitrogens with zero attached hydrogens (tertiary/aromatic N) is 4. The molecule has 3 aromatic rings. The summed E-state index contributed by atoms with van der Waals surface area (Å²) in [6.07, 6.45) is 0. The topological polar surface area (TPSA) is 111 Å². The quantitative estimate of drug-likeness (QED) is 0.627. The number of nitrogens with one attached hydrogen (secondary N) is 2. The number of rotatable bonds is 4. The van der Waals surface area contributed by atoms with E-state index in [2.05, 4.69) is 26.2 Å². The van der Waals surface area contributed by atoms with Crippen LogP contribution in [0.15, 0.2) is 53.7 Å². The highest BCUT2D eigenvalue weighted by molar-refractivity contribution is 6.06. The van der Waals surface area contributed by atoms with Crippen LogP contribution in [0.2, 0.25) is 0 Å². The molecule has 31 heavy (non-hydrogen) atoms. The SMILES string of the molecule is COC(=O)c1ccc(C2C(C(=O)Nc3ccc(C)cc3C)=C(C)Nc3nnnn32)cc1.